The predicted molar refractivity (Wildman–Crippen MR) is 107 cm³/mol. The van der Waals surface area contributed by atoms with Gasteiger partial charge >= 0.3 is 0 Å². The van der Waals surface area contributed by atoms with Crippen molar-refractivity contribution < 1.29 is 9.59 Å². The second kappa shape index (κ2) is 6.88. The molecule has 4 nitrogen and oxygen atoms in total. The van der Waals surface area contributed by atoms with Crippen molar-refractivity contribution in [3.8, 4) is 0 Å². The molecule has 1 aromatic heterocycles. The number of hydrogen-bond donors (Lipinski definition) is 2. The number of carbonyl (C=O) groups is 2. The third kappa shape index (κ3) is 3.68. The number of nitrogens with one attached hydrogen (secondary N) is 1. The zero-order valence-corrected chi connectivity index (χ0v) is 16.6. The molecule has 1 atom stereocenters. The van der Waals surface area contributed by atoms with Gasteiger partial charge in [0.1, 0.15) is 5.00 Å². The maximum absolute atomic E-state index is 12.7. The Morgan fingerprint density at radius 3 is 2.42 bits per heavy atom. The van der Waals surface area contributed by atoms with Gasteiger partial charge in [0.2, 0.25) is 0 Å². The summed E-state index contributed by atoms with van der Waals surface area (Å²) in [6.07, 6.45) is 2.84. The minimum atomic E-state index is -0.463. The summed E-state index contributed by atoms with van der Waals surface area (Å²) >= 11 is 1.49. The van der Waals surface area contributed by atoms with Gasteiger partial charge in [-0.25, -0.2) is 0 Å². The smallest absolute Gasteiger partial charge is 0.256 e. The molecule has 2 amide bonds. The van der Waals surface area contributed by atoms with Gasteiger partial charge in [0, 0.05) is 10.4 Å². The molecule has 5 heteroatoms. The van der Waals surface area contributed by atoms with Crippen molar-refractivity contribution in [3.63, 3.8) is 0 Å². The first-order chi connectivity index (χ1) is 12.2. The van der Waals surface area contributed by atoms with Crippen molar-refractivity contribution in [3.05, 3.63) is 51.4 Å². The van der Waals surface area contributed by atoms with E-state index in [1.807, 2.05) is 24.3 Å². The van der Waals surface area contributed by atoms with E-state index in [0.717, 1.165) is 24.8 Å². The second-order valence-corrected chi connectivity index (χ2v) is 9.31. The van der Waals surface area contributed by atoms with Gasteiger partial charge in [-0.05, 0) is 53.9 Å². The van der Waals surface area contributed by atoms with Crippen molar-refractivity contribution >= 4 is 28.2 Å². The lowest BCUT2D eigenvalue weighted by molar-refractivity contribution is 0.1000. The minimum Gasteiger partial charge on any atom is -0.365 e. The number of primary amides is 1. The van der Waals surface area contributed by atoms with E-state index in [2.05, 4.69) is 33.0 Å². The lowest BCUT2D eigenvalue weighted by Gasteiger charge is -2.19. The molecule has 0 unspecified atom stereocenters. The van der Waals surface area contributed by atoms with Crippen molar-refractivity contribution in [1.82, 2.24) is 0 Å². The molecule has 1 heterocycles. The molecule has 2 aromatic rings. The first kappa shape index (κ1) is 18.6. The average Bonchev–Trinajstić information content (AvgIpc) is 2.91. The summed E-state index contributed by atoms with van der Waals surface area (Å²) in [4.78, 5) is 25.8. The van der Waals surface area contributed by atoms with Crippen LogP contribution in [0.5, 0.6) is 0 Å². The number of rotatable bonds is 3. The summed E-state index contributed by atoms with van der Waals surface area (Å²) in [6, 6.07) is 7.61. The largest absolute Gasteiger partial charge is 0.365 e. The van der Waals surface area contributed by atoms with Crippen LogP contribution in [0.3, 0.4) is 0 Å². The highest BCUT2D eigenvalue weighted by Gasteiger charge is 2.27. The number of carbonyl (C=O) groups excluding carboxylic acids is 2. The van der Waals surface area contributed by atoms with Gasteiger partial charge in [0.05, 0.1) is 5.56 Å². The lowest BCUT2D eigenvalue weighted by atomic mass is 9.86. The fourth-order valence-corrected chi connectivity index (χ4v) is 4.81. The Morgan fingerprint density at radius 1 is 1.19 bits per heavy atom. The normalized spacial score (nSPS) is 16.8. The molecule has 0 saturated heterocycles. The van der Waals surface area contributed by atoms with E-state index in [1.165, 1.54) is 21.8 Å². The van der Waals surface area contributed by atoms with Crippen LogP contribution in [0.25, 0.3) is 0 Å². The van der Waals surface area contributed by atoms with Crippen LogP contribution < -0.4 is 11.1 Å². The molecule has 0 aliphatic heterocycles. The van der Waals surface area contributed by atoms with Gasteiger partial charge in [0.25, 0.3) is 11.8 Å². The van der Waals surface area contributed by atoms with E-state index < -0.39 is 5.91 Å². The zero-order valence-electron chi connectivity index (χ0n) is 15.8. The SMILES string of the molecule is C[C@H]1CCc2c(sc(NC(=O)c3ccc(C(C)(C)C)cc3)c2C(N)=O)C1. The summed E-state index contributed by atoms with van der Waals surface area (Å²) < 4.78 is 0. The van der Waals surface area contributed by atoms with Crippen LogP contribution in [0.15, 0.2) is 24.3 Å². The molecule has 0 radical (unpaired) electrons. The quantitative estimate of drug-likeness (QED) is 0.833. The Morgan fingerprint density at radius 2 is 1.85 bits per heavy atom. The Kier molecular flexibility index (Phi) is 4.93. The second-order valence-electron chi connectivity index (χ2n) is 8.20. The van der Waals surface area contributed by atoms with Crippen LogP contribution >= 0.6 is 11.3 Å². The van der Waals surface area contributed by atoms with Crippen molar-refractivity contribution in [2.75, 3.05) is 5.32 Å². The fourth-order valence-electron chi connectivity index (χ4n) is 3.40. The maximum atomic E-state index is 12.7. The van der Waals surface area contributed by atoms with Crippen molar-refractivity contribution in [2.24, 2.45) is 11.7 Å². The van der Waals surface area contributed by atoms with E-state index in [9.17, 15) is 9.59 Å². The van der Waals surface area contributed by atoms with Crippen LogP contribution in [-0.4, -0.2) is 11.8 Å². The molecule has 0 spiro atoms. The van der Waals surface area contributed by atoms with Crippen molar-refractivity contribution in [2.45, 2.75) is 52.4 Å². The topological polar surface area (TPSA) is 72.2 Å². The van der Waals surface area contributed by atoms with Gasteiger partial charge in [-0.15, -0.1) is 11.3 Å². The number of hydrogen-bond acceptors (Lipinski definition) is 3. The monoisotopic (exact) mass is 370 g/mol. The molecule has 0 fully saturated rings. The number of thiophene rings is 1. The molecule has 3 rings (SSSR count). The number of fused-ring (bicyclic) bond motifs is 1. The Bertz CT molecular complexity index is 844. The summed E-state index contributed by atoms with van der Waals surface area (Å²) in [7, 11) is 0. The Labute approximate surface area is 158 Å². The lowest BCUT2D eigenvalue weighted by Crippen LogP contribution is -2.19. The molecule has 1 aromatic carbocycles. The molecule has 0 bridgehead atoms. The van der Waals surface area contributed by atoms with Gasteiger partial charge in [0.15, 0.2) is 0 Å². The highest BCUT2D eigenvalue weighted by Crippen LogP contribution is 2.39. The third-order valence-electron chi connectivity index (χ3n) is 5.00. The zero-order chi connectivity index (χ0) is 19.1. The van der Waals surface area contributed by atoms with E-state index in [1.54, 1.807) is 0 Å². The molecular weight excluding hydrogens is 344 g/mol. The Balaban J connectivity index is 1.87. The number of nitrogens with two attached hydrogens (primary N) is 1. The molecule has 3 N–H and O–H groups in total. The van der Waals surface area contributed by atoms with Crippen LogP contribution in [-0.2, 0) is 18.3 Å². The number of amides is 2. The summed E-state index contributed by atoms with van der Waals surface area (Å²) in [5.74, 6) is -0.0783. The van der Waals surface area contributed by atoms with E-state index >= 15 is 0 Å². The molecule has 1 aliphatic rings. The molecule has 1 aliphatic carbocycles. The van der Waals surface area contributed by atoms with Crippen LogP contribution in [0.2, 0.25) is 0 Å². The summed E-state index contributed by atoms with van der Waals surface area (Å²) in [6.45, 7) is 8.62. The standard InChI is InChI=1S/C21H26N2O2S/c1-12-5-10-15-16(11-12)26-20(17(15)18(22)24)23-19(25)13-6-8-14(9-7-13)21(2,3)4/h6-9,12H,5,10-11H2,1-4H3,(H2,22,24)(H,23,25)/t12-/m0/s1. The average molecular weight is 371 g/mol. The first-order valence-corrected chi connectivity index (χ1v) is 9.84. The van der Waals surface area contributed by atoms with Crippen LogP contribution in [0.1, 0.15) is 70.8 Å². The summed E-state index contributed by atoms with van der Waals surface area (Å²) in [5.41, 5.74) is 8.93. The number of anilines is 1. The minimum absolute atomic E-state index is 0.0393. The summed E-state index contributed by atoms with van der Waals surface area (Å²) in [5, 5.41) is 3.50. The first-order valence-electron chi connectivity index (χ1n) is 9.03. The van der Waals surface area contributed by atoms with E-state index in [4.69, 9.17) is 5.73 Å². The molecular formula is C21H26N2O2S. The highest BCUT2D eigenvalue weighted by molar-refractivity contribution is 7.17. The van der Waals surface area contributed by atoms with Crippen LogP contribution in [0, 0.1) is 5.92 Å². The number of benzene rings is 1. The van der Waals surface area contributed by atoms with E-state index in [-0.39, 0.29) is 11.3 Å². The van der Waals surface area contributed by atoms with Gasteiger partial charge in [-0.3, -0.25) is 9.59 Å². The van der Waals surface area contributed by atoms with Gasteiger partial charge < -0.3 is 11.1 Å². The third-order valence-corrected chi connectivity index (χ3v) is 6.17. The van der Waals surface area contributed by atoms with Gasteiger partial charge in [-0.2, -0.15) is 0 Å². The highest BCUT2D eigenvalue weighted by atomic mass is 32.1. The van der Waals surface area contributed by atoms with E-state index in [0.29, 0.717) is 22.0 Å². The maximum Gasteiger partial charge on any atom is 0.256 e. The predicted octanol–water partition coefficient (Wildman–Crippen LogP) is 4.52. The van der Waals surface area contributed by atoms with Crippen LogP contribution in [0.4, 0.5) is 5.00 Å². The molecule has 26 heavy (non-hydrogen) atoms. The van der Waals surface area contributed by atoms with Crippen molar-refractivity contribution in [1.29, 1.82) is 0 Å². The van der Waals surface area contributed by atoms with Gasteiger partial charge in [-0.1, -0.05) is 39.8 Å². The molecule has 138 valence electrons. The molecule has 0 saturated carbocycles. The fraction of sp³-hybridized carbons (Fsp3) is 0.429. The Hall–Kier alpha value is -2.14.